The predicted molar refractivity (Wildman–Crippen MR) is 113 cm³/mol. The summed E-state index contributed by atoms with van der Waals surface area (Å²) in [5.41, 5.74) is 17.5. The largest absolute Gasteiger partial charge is 0.399 e. The fourth-order valence-corrected chi connectivity index (χ4v) is 3.53. The molecule has 0 atom stereocenters. The first-order valence-electron chi connectivity index (χ1n) is 9.35. The minimum absolute atomic E-state index is 0.203. The fourth-order valence-electron chi connectivity index (χ4n) is 3.53. The summed E-state index contributed by atoms with van der Waals surface area (Å²) < 4.78 is 27.4. The van der Waals surface area contributed by atoms with Crippen LogP contribution in [0.3, 0.4) is 0 Å². The number of anilines is 1. The van der Waals surface area contributed by atoms with Crippen molar-refractivity contribution < 1.29 is 8.78 Å². The molecular formula is C22H26F2N4. The first-order chi connectivity index (χ1) is 13.3. The van der Waals surface area contributed by atoms with Crippen molar-refractivity contribution in [3.05, 3.63) is 53.7 Å². The quantitative estimate of drug-likeness (QED) is 0.356. The van der Waals surface area contributed by atoms with Gasteiger partial charge in [0.25, 0.3) is 0 Å². The van der Waals surface area contributed by atoms with Crippen LogP contribution in [0.5, 0.6) is 0 Å². The molecule has 0 saturated carbocycles. The monoisotopic (exact) mass is 384 g/mol. The minimum atomic E-state index is -2.35. The molecule has 6 heteroatoms. The zero-order chi connectivity index (χ0) is 20.4. The maximum atomic E-state index is 12.8. The van der Waals surface area contributed by atoms with Gasteiger partial charge < -0.3 is 16.0 Å². The zero-order valence-corrected chi connectivity index (χ0v) is 16.4. The molecule has 1 aromatic heterocycles. The maximum absolute atomic E-state index is 12.8. The number of nitrogens with zero attached hydrogens (tertiary/aromatic N) is 2. The number of alkyl halides is 2. The van der Waals surface area contributed by atoms with E-state index in [9.17, 15) is 8.78 Å². The van der Waals surface area contributed by atoms with Crippen molar-refractivity contribution in [1.29, 1.82) is 0 Å². The number of aryl methyl sites for hydroxylation is 1. The average molecular weight is 384 g/mol. The molecule has 0 aliphatic rings. The van der Waals surface area contributed by atoms with E-state index in [1.54, 1.807) is 7.05 Å². The first-order valence-corrected chi connectivity index (χ1v) is 9.35. The lowest BCUT2D eigenvalue weighted by molar-refractivity contribution is 0.132. The van der Waals surface area contributed by atoms with Crippen LogP contribution < -0.4 is 11.5 Å². The van der Waals surface area contributed by atoms with E-state index >= 15 is 0 Å². The van der Waals surface area contributed by atoms with Crippen LogP contribution in [0.2, 0.25) is 0 Å². The van der Waals surface area contributed by atoms with Gasteiger partial charge in [-0.25, -0.2) is 8.78 Å². The van der Waals surface area contributed by atoms with Crippen molar-refractivity contribution in [3.63, 3.8) is 0 Å². The molecule has 0 unspecified atom stereocenters. The van der Waals surface area contributed by atoms with Gasteiger partial charge in [-0.3, -0.25) is 4.99 Å². The van der Waals surface area contributed by atoms with Gasteiger partial charge in [-0.2, -0.15) is 0 Å². The van der Waals surface area contributed by atoms with Crippen LogP contribution in [-0.2, 0) is 6.54 Å². The number of hydrogen-bond donors (Lipinski definition) is 2. The van der Waals surface area contributed by atoms with Crippen LogP contribution in [0.15, 0.2) is 47.6 Å². The molecule has 0 spiro atoms. The standard InChI is InChI=1S/C22H26F2N4/c1-13(2)16-6-4-14(10-18(16)22(26)27-3)19-12-28(9-8-21(23)24)20-11-15(25)5-7-17(19)20/h4-7,10-13,21H,8-9,25H2,1-3H3,(H2,26,27). The molecule has 1 heterocycles. The molecule has 2 aromatic carbocycles. The highest BCUT2D eigenvalue weighted by atomic mass is 19.3. The third kappa shape index (κ3) is 3.86. The Labute approximate surface area is 163 Å². The molecule has 0 radical (unpaired) electrons. The Morgan fingerprint density at radius 1 is 1.14 bits per heavy atom. The Balaban J connectivity index is 2.18. The van der Waals surface area contributed by atoms with Crippen LogP contribution in [0.4, 0.5) is 14.5 Å². The second-order valence-corrected chi connectivity index (χ2v) is 7.26. The number of hydrogen-bond acceptors (Lipinski definition) is 2. The van der Waals surface area contributed by atoms with Gasteiger partial charge in [0, 0.05) is 48.4 Å². The molecule has 0 fully saturated rings. The molecule has 3 aromatic rings. The summed E-state index contributed by atoms with van der Waals surface area (Å²) in [5.74, 6) is 0.785. The number of halogens is 2. The summed E-state index contributed by atoms with van der Waals surface area (Å²) in [4.78, 5) is 4.15. The van der Waals surface area contributed by atoms with Gasteiger partial charge in [-0.15, -0.1) is 0 Å². The molecule has 0 aliphatic carbocycles. The van der Waals surface area contributed by atoms with Crippen molar-refractivity contribution in [2.75, 3.05) is 12.8 Å². The van der Waals surface area contributed by atoms with E-state index in [-0.39, 0.29) is 13.0 Å². The van der Waals surface area contributed by atoms with Crippen molar-refractivity contribution in [2.24, 2.45) is 10.7 Å². The number of nitrogens with two attached hydrogens (primary N) is 2. The third-order valence-electron chi connectivity index (χ3n) is 5.00. The lowest BCUT2D eigenvalue weighted by Gasteiger charge is -2.14. The minimum Gasteiger partial charge on any atom is -0.399 e. The number of aliphatic imine (C=N–C) groups is 1. The van der Waals surface area contributed by atoms with E-state index in [0.29, 0.717) is 17.4 Å². The Morgan fingerprint density at radius 3 is 2.54 bits per heavy atom. The second kappa shape index (κ2) is 8.00. The van der Waals surface area contributed by atoms with E-state index < -0.39 is 6.43 Å². The lowest BCUT2D eigenvalue weighted by atomic mass is 9.92. The number of nitrogen functional groups attached to an aromatic ring is 1. The van der Waals surface area contributed by atoms with Crippen LogP contribution in [0, 0.1) is 0 Å². The smallest absolute Gasteiger partial charge is 0.240 e. The molecule has 3 rings (SSSR count). The van der Waals surface area contributed by atoms with Gasteiger partial charge in [0.15, 0.2) is 0 Å². The molecular weight excluding hydrogens is 358 g/mol. The predicted octanol–water partition coefficient (Wildman–Crippen LogP) is 5.00. The third-order valence-corrected chi connectivity index (χ3v) is 5.00. The number of fused-ring (bicyclic) bond motifs is 1. The molecule has 4 nitrogen and oxygen atoms in total. The average Bonchev–Trinajstić information content (AvgIpc) is 3.02. The van der Waals surface area contributed by atoms with Gasteiger partial charge in [-0.05, 0) is 35.2 Å². The number of aromatic nitrogens is 1. The van der Waals surface area contributed by atoms with Crippen molar-refractivity contribution in [2.45, 2.75) is 39.2 Å². The van der Waals surface area contributed by atoms with Crippen molar-refractivity contribution in [3.8, 4) is 11.1 Å². The van der Waals surface area contributed by atoms with Gasteiger partial charge >= 0.3 is 0 Å². The van der Waals surface area contributed by atoms with Crippen LogP contribution in [0.1, 0.15) is 37.3 Å². The van der Waals surface area contributed by atoms with E-state index in [0.717, 1.165) is 33.2 Å². The zero-order valence-electron chi connectivity index (χ0n) is 16.4. The molecule has 28 heavy (non-hydrogen) atoms. The highest BCUT2D eigenvalue weighted by Gasteiger charge is 2.16. The van der Waals surface area contributed by atoms with Crippen molar-refractivity contribution in [1.82, 2.24) is 4.57 Å². The topological polar surface area (TPSA) is 69.3 Å². The molecule has 0 bridgehead atoms. The summed E-state index contributed by atoms with van der Waals surface area (Å²) in [6, 6.07) is 11.7. The van der Waals surface area contributed by atoms with Gasteiger partial charge in [0.2, 0.25) is 6.43 Å². The Bertz CT molecular complexity index is 1020. The summed E-state index contributed by atoms with van der Waals surface area (Å²) in [6.07, 6.45) is -0.635. The van der Waals surface area contributed by atoms with E-state index in [1.807, 2.05) is 41.1 Å². The number of amidine groups is 1. The van der Waals surface area contributed by atoms with Gasteiger partial charge in [0.05, 0.1) is 5.52 Å². The number of benzene rings is 2. The van der Waals surface area contributed by atoms with E-state index in [1.165, 1.54) is 0 Å². The molecule has 148 valence electrons. The number of rotatable bonds is 6. The summed E-state index contributed by atoms with van der Waals surface area (Å²) in [7, 11) is 1.67. The molecule has 0 amide bonds. The summed E-state index contributed by atoms with van der Waals surface area (Å²) in [6.45, 7) is 4.45. The van der Waals surface area contributed by atoms with Gasteiger partial charge in [-0.1, -0.05) is 32.0 Å². The van der Waals surface area contributed by atoms with Crippen LogP contribution in [-0.4, -0.2) is 23.9 Å². The normalized spacial score (nSPS) is 12.5. The molecule has 0 aliphatic heterocycles. The molecule has 4 N–H and O–H groups in total. The van der Waals surface area contributed by atoms with E-state index in [4.69, 9.17) is 11.5 Å². The Morgan fingerprint density at radius 2 is 1.89 bits per heavy atom. The second-order valence-electron chi connectivity index (χ2n) is 7.26. The molecule has 0 saturated heterocycles. The van der Waals surface area contributed by atoms with Gasteiger partial charge in [0.1, 0.15) is 5.84 Å². The highest BCUT2D eigenvalue weighted by molar-refractivity contribution is 6.02. The fraction of sp³-hybridized carbons (Fsp3) is 0.318. The Hall–Kier alpha value is -2.89. The maximum Gasteiger partial charge on any atom is 0.240 e. The SMILES string of the molecule is CN=C(N)c1cc(-c2cn(CCC(F)F)c3cc(N)ccc23)ccc1C(C)C. The lowest BCUT2D eigenvalue weighted by Crippen LogP contribution is -2.16. The highest BCUT2D eigenvalue weighted by Crippen LogP contribution is 2.34. The van der Waals surface area contributed by atoms with E-state index in [2.05, 4.69) is 24.9 Å². The Kier molecular flexibility index (Phi) is 5.68. The van der Waals surface area contributed by atoms with Crippen LogP contribution in [0.25, 0.3) is 22.0 Å². The van der Waals surface area contributed by atoms with Crippen molar-refractivity contribution >= 4 is 22.4 Å². The summed E-state index contributed by atoms with van der Waals surface area (Å²) in [5, 5.41) is 0.971. The van der Waals surface area contributed by atoms with Crippen LogP contribution >= 0.6 is 0 Å². The summed E-state index contributed by atoms with van der Waals surface area (Å²) >= 11 is 0. The first kappa shape index (κ1) is 19.9.